The Morgan fingerprint density at radius 1 is 1.14 bits per heavy atom. The van der Waals surface area contributed by atoms with E-state index >= 15 is 0 Å². The molecule has 152 valence electrons. The number of thiophene rings is 1. The first-order valence-electron chi connectivity index (χ1n) is 9.75. The number of carbonyl (C=O) groups is 1. The van der Waals surface area contributed by atoms with Gasteiger partial charge in [-0.05, 0) is 29.9 Å². The van der Waals surface area contributed by atoms with Gasteiger partial charge in [0.1, 0.15) is 0 Å². The quantitative estimate of drug-likeness (QED) is 0.501. The lowest BCUT2D eigenvalue weighted by atomic mass is 10.1. The Kier molecular flexibility index (Phi) is 6.43. The molecule has 7 nitrogen and oxygen atoms in total. The fourth-order valence-corrected chi connectivity index (χ4v) is 3.49. The summed E-state index contributed by atoms with van der Waals surface area (Å²) in [5.74, 6) is 0.348. The predicted octanol–water partition coefficient (Wildman–Crippen LogP) is 4.65. The van der Waals surface area contributed by atoms with Gasteiger partial charge in [-0.1, -0.05) is 27.7 Å². The Labute approximate surface area is 174 Å². The van der Waals surface area contributed by atoms with Crippen LogP contribution in [0.3, 0.4) is 0 Å². The van der Waals surface area contributed by atoms with E-state index in [0.717, 1.165) is 27.9 Å². The van der Waals surface area contributed by atoms with Crippen LogP contribution in [0.25, 0.3) is 27.9 Å². The number of nitrogens with one attached hydrogen (secondary N) is 2. The van der Waals surface area contributed by atoms with Gasteiger partial charge in [-0.25, -0.2) is 9.50 Å². The molecule has 4 aromatic rings. The van der Waals surface area contributed by atoms with Crippen molar-refractivity contribution in [2.24, 2.45) is 5.92 Å². The molecule has 1 amide bonds. The number of aromatic amines is 1. The number of rotatable bonds is 5. The van der Waals surface area contributed by atoms with Crippen molar-refractivity contribution in [2.75, 3.05) is 0 Å². The topological polar surface area (TPSA) is 88.0 Å². The molecular formula is C21H26N6OS. The minimum absolute atomic E-state index is 0.0425. The first kappa shape index (κ1) is 20.7. The summed E-state index contributed by atoms with van der Waals surface area (Å²) < 4.78 is 1.75. The molecule has 0 radical (unpaired) electrons. The maximum Gasteiger partial charge on any atom is 0.261 e. The van der Waals surface area contributed by atoms with E-state index in [1.807, 2.05) is 44.6 Å². The average molecular weight is 411 g/mol. The van der Waals surface area contributed by atoms with E-state index in [-0.39, 0.29) is 11.9 Å². The van der Waals surface area contributed by atoms with Gasteiger partial charge >= 0.3 is 0 Å². The summed E-state index contributed by atoms with van der Waals surface area (Å²) in [6.45, 7) is 10.2. The Bertz CT molecular complexity index is 1080. The van der Waals surface area contributed by atoms with Crippen LogP contribution < -0.4 is 5.32 Å². The number of nitrogens with zero attached hydrogens (tertiary/aromatic N) is 4. The summed E-state index contributed by atoms with van der Waals surface area (Å²) in [6, 6.07) is 2.03. The van der Waals surface area contributed by atoms with Gasteiger partial charge in [0.15, 0.2) is 5.65 Å². The van der Waals surface area contributed by atoms with Gasteiger partial charge in [0.2, 0.25) is 0 Å². The zero-order chi connectivity index (χ0) is 21.0. The number of carbonyl (C=O) groups excluding carboxylic acids is 1. The minimum atomic E-state index is -0.0425. The number of amides is 1. The molecule has 4 heterocycles. The molecule has 0 saturated carbocycles. The van der Waals surface area contributed by atoms with Crippen molar-refractivity contribution in [2.45, 2.75) is 40.7 Å². The van der Waals surface area contributed by atoms with Crippen molar-refractivity contribution < 1.29 is 4.79 Å². The third-order valence-electron chi connectivity index (χ3n) is 4.68. The van der Waals surface area contributed by atoms with Crippen LogP contribution in [0.15, 0.2) is 42.4 Å². The van der Waals surface area contributed by atoms with Crippen molar-refractivity contribution in [1.29, 1.82) is 0 Å². The van der Waals surface area contributed by atoms with Crippen LogP contribution >= 0.6 is 11.3 Å². The van der Waals surface area contributed by atoms with Crippen LogP contribution in [-0.4, -0.2) is 36.7 Å². The van der Waals surface area contributed by atoms with Crippen LogP contribution in [0.5, 0.6) is 0 Å². The number of fused-ring (bicyclic) bond motifs is 1. The molecule has 0 saturated heterocycles. The first-order chi connectivity index (χ1) is 14.0. The molecule has 0 aliphatic carbocycles. The van der Waals surface area contributed by atoms with Crippen LogP contribution in [0.1, 0.15) is 44.3 Å². The molecule has 0 aliphatic rings. The Morgan fingerprint density at radius 2 is 1.93 bits per heavy atom. The highest BCUT2D eigenvalue weighted by Crippen LogP contribution is 2.29. The summed E-state index contributed by atoms with van der Waals surface area (Å²) in [4.78, 5) is 17.7. The van der Waals surface area contributed by atoms with Crippen molar-refractivity contribution in [1.82, 2.24) is 30.1 Å². The predicted molar refractivity (Wildman–Crippen MR) is 117 cm³/mol. The minimum Gasteiger partial charge on any atom is -0.349 e. The van der Waals surface area contributed by atoms with Crippen molar-refractivity contribution >= 4 is 22.9 Å². The van der Waals surface area contributed by atoms with E-state index in [4.69, 9.17) is 0 Å². The molecule has 8 heteroatoms. The van der Waals surface area contributed by atoms with Crippen LogP contribution in [0.4, 0.5) is 0 Å². The highest BCUT2D eigenvalue weighted by atomic mass is 32.1. The maximum absolute atomic E-state index is 12.4. The zero-order valence-corrected chi connectivity index (χ0v) is 18.1. The molecule has 0 fully saturated rings. The molecule has 4 rings (SSSR count). The van der Waals surface area contributed by atoms with Gasteiger partial charge in [-0.2, -0.15) is 10.2 Å². The summed E-state index contributed by atoms with van der Waals surface area (Å²) in [7, 11) is 0. The fourth-order valence-electron chi connectivity index (χ4n) is 2.68. The third-order valence-corrected chi connectivity index (χ3v) is 5.61. The second kappa shape index (κ2) is 9.00. The average Bonchev–Trinajstić information content (AvgIpc) is 3.48. The van der Waals surface area contributed by atoms with Gasteiger partial charge in [-0.3, -0.25) is 9.89 Å². The third kappa shape index (κ3) is 4.37. The molecule has 1 unspecified atom stereocenters. The van der Waals surface area contributed by atoms with Gasteiger partial charge in [0.25, 0.3) is 5.91 Å². The lowest BCUT2D eigenvalue weighted by molar-refractivity contribution is 0.0934. The van der Waals surface area contributed by atoms with Crippen LogP contribution in [0.2, 0.25) is 0 Å². The number of hydrogen-bond acceptors (Lipinski definition) is 5. The molecule has 0 aliphatic heterocycles. The lowest BCUT2D eigenvalue weighted by Crippen LogP contribution is -2.35. The number of hydrogen-bond donors (Lipinski definition) is 2. The normalized spacial score (nSPS) is 11.9. The molecule has 1 atom stereocenters. The number of aromatic nitrogens is 5. The Morgan fingerprint density at radius 3 is 2.62 bits per heavy atom. The summed E-state index contributed by atoms with van der Waals surface area (Å²) in [5.41, 5.74) is 4.48. The van der Waals surface area contributed by atoms with E-state index in [9.17, 15) is 4.79 Å². The molecular weight excluding hydrogens is 384 g/mol. The van der Waals surface area contributed by atoms with Crippen molar-refractivity contribution in [3.63, 3.8) is 0 Å². The molecule has 29 heavy (non-hydrogen) atoms. The molecule has 0 bridgehead atoms. The lowest BCUT2D eigenvalue weighted by Gasteiger charge is -2.16. The molecule has 4 aromatic heterocycles. The maximum atomic E-state index is 12.4. The molecule has 0 spiro atoms. The second-order valence-corrected chi connectivity index (χ2v) is 7.77. The van der Waals surface area contributed by atoms with E-state index in [2.05, 4.69) is 39.4 Å². The van der Waals surface area contributed by atoms with Gasteiger partial charge in [-0.15, -0.1) is 11.3 Å². The second-order valence-electron chi connectivity index (χ2n) is 6.86. The smallest absolute Gasteiger partial charge is 0.261 e. The van der Waals surface area contributed by atoms with Gasteiger partial charge in [0, 0.05) is 41.3 Å². The first-order valence-corrected chi connectivity index (χ1v) is 10.6. The van der Waals surface area contributed by atoms with E-state index in [1.165, 1.54) is 11.3 Å². The Hall–Kier alpha value is -3.00. The summed E-state index contributed by atoms with van der Waals surface area (Å²) in [6.07, 6.45) is 9.06. The monoisotopic (exact) mass is 410 g/mol. The van der Waals surface area contributed by atoms with Crippen molar-refractivity contribution in [3.8, 4) is 22.3 Å². The highest BCUT2D eigenvalue weighted by Gasteiger charge is 2.17. The van der Waals surface area contributed by atoms with Gasteiger partial charge in [0.05, 0.1) is 17.3 Å². The zero-order valence-electron chi connectivity index (χ0n) is 17.3. The largest absolute Gasteiger partial charge is 0.349 e. The fraction of sp³-hybridized carbons (Fsp3) is 0.333. The van der Waals surface area contributed by atoms with Crippen molar-refractivity contribution in [3.05, 3.63) is 47.3 Å². The summed E-state index contributed by atoms with van der Waals surface area (Å²) >= 11 is 1.43. The van der Waals surface area contributed by atoms with Gasteiger partial charge < -0.3 is 5.32 Å². The summed E-state index contributed by atoms with van der Waals surface area (Å²) in [5, 5.41) is 16.2. The standard InChI is InChI=1S/C19H20N6OS.C2H6/c1-11(2)12(3)24-19(26)17-4-13(10-27-17)16-8-23-25-9-15(5-20-18(16)25)14-6-21-22-7-14;1-2/h4-12H,1-3H3,(H,21,22)(H,24,26);1-2H3. The van der Waals surface area contributed by atoms with E-state index in [0.29, 0.717) is 10.8 Å². The highest BCUT2D eigenvalue weighted by molar-refractivity contribution is 7.12. The Balaban J connectivity index is 0.00000117. The van der Waals surface area contributed by atoms with E-state index < -0.39 is 0 Å². The van der Waals surface area contributed by atoms with Crippen LogP contribution in [0, 0.1) is 5.92 Å². The number of H-pyrrole nitrogens is 1. The molecule has 2 N–H and O–H groups in total. The van der Waals surface area contributed by atoms with E-state index in [1.54, 1.807) is 23.1 Å². The molecule has 0 aromatic carbocycles. The SMILES string of the molecule is CC.CC(C)C(C)NC(=O)c1cc(-c2cnn3cc(-c4cn[nH]c4)cnc23)cs1. The van der Waals surface area contributed by atoms with Crippen LogP contribution in [-0.2, 0) is 0 Å².